The monoisotopic (exact) mass is 332 g/mol. The predicted octanol–water partition coefficient (Wildman–Crippen LogP) is 2.61. The van der Waals surface area contributed by atoms with Crippen molar-refractivity contribution in [2.75, 3.05) is 5.32 Å². The van der Waals surface area contributed by atoms with Crippen molar-refractivity contribution in [3.63, 3.8) is 0 Å². The Bertz CT molecular complexity index is 802. The number of nitrogens with one attached hydrogen (secondary N) is 2. The lowest BCUT2D eigenvalue weighted by Crippen LogP contribution is -2.41. The third kappa shape index (κ3) is 4.18. The largest absolute Gasteiger partial charge is 0.324 e. The molecule has 1 atom stereocenters. The van der Waals surface area contributed by atoms with E-state index in [-0.39, 0.29) is 4.90 Å². The van der Waals surface area contributed by atoms with Crippen molar-refractivity contribution in [1.82, 2.24) is 4.72 Å². The van der Waals surface area contributed by atoms with Gasteiger partial charge < -0.3 is 5.32 Å². The molecule has 0 aliphatic carbocycles. The van der Waals surface area contributed by atoms with Gasteiger partial charge in [0, 0.05) is 5.69 Å². The van der Waals surface area contributed by atoms with Gasteiger partial charge in [-0.3, -0.25) is 4.79 Å². The summed E-state index contributed by atoms with van der Waals surface area (Å²) >= 11 is 0. The van der Waals surface area contributed by atoms with Gasteiger partial charge >= 0.3 is 0 Å². The van der Waals surface area contributed by atoms with E-state index in [4.69, 9.17) is 0 Å². The van der Waals surface area contributed by atoms with Gasteiger partial charge in [0.15, 0.2) is 0 Å². The third-order valence-electron chi connectivity index (χ3n) is 3.64. The predicted molar refractivity (Wildman–Crippen MR) is 90.8 cm³/mol. The molecule has 0 aromatic heterocycles. The van der Waals surface area contributed by atoms with Gasteiger partial charge in [-0.1, -0.05) is 30.3 Å². The van der Waals surface area contributed by atoms with Crippen molar-refractivity contribution < 1.29 is 13.2 Å². The number of aryl methyl sites for hydroxylation is 1. The highest BCUT2D eigenvalue weighted by atomic mass is 32.2. The zero-order valence-corrected chi connectivity index (χ0v) is 14.1. The molecule has 0 saturated heterocycles. The average molecular weight is 332 g/mol. The van der Waals surface area contributed by atoms with E-state index in [0.717, 1.165) is 11.1 Å². The van der Waals surface area contributed by atoms with Crippen molar-refractivity contribution in [2.45, 2.75) is 31.7 Å². The Morgan fingerprint density at radius 3 is 2.30 bits per heavy atom. The van der Waals surface area contributed by atoms with Crippen LogP contribution in [0.1, 0.15) is 18.1 Å². The Kier molecular flexibility index (Phi) is 5.18. The molecule has 2 N–H and O–H groups in total. The van der Waals surface area contributed by atoms with Crippen LogP contribution < -0.4 is 10.0 Å². The second-order valence-corrected chi connectivity index (χ2v) is 7.11. The number of hydrogen-bond donors (Lipinski definition) is 2. The van der Waals surface area contributed by atoms with E-state index >= 15 is 0 Å². The van der Waals surface area contributed by atoms with Crippen molar-refractivity contribution in [1.29, 1.82) is 0 Å². The van der Waals surface area contributed by atoms with Crippen LogP contribution in [0.15, 0.2) is 53.4 Å². The quantitative estimate of drug-likeness (QED) is 0.884. The number of anilines is 1. The fourth-order valence-electron chi connectivity index (χ4n) is 2.08. The first-order chi connectivity index (χ1) is 10.8. The Labute approximate surface area is 136 Å². The molecule has 6 heteroatoms. The molecule has 2 aromatic rings. The molecule has 0 radical (unpaired) electrons. The van der Waals surface area contributed by atoms with Crippen LogP contribution in [0.4, 0.5) is 5.69 Å². The molecule has 2 rings (SSSR count). The van der Waals surface area contributed by atoms with E-state index in [0.29, 0.717) is 5.69 Å². The Hall–Kier alpha value is -2.18. The highest BCUT2D eigenvalue weighted by molar-refractivity contribution is 7.89. The maximum Gasteiger partial charge on any atom is 0.242 e. The molecule has 1 unspecified atom stereocenters. The van der Waals surface area contributed by atoms with Gasteiger partial charge in [-0.05, 0) is 50.1 Å². The van der Waals surface area contributed by atoms with Crippen LogP contribution in [0.2, 0.25) is 0 Å². The fourth-order valence-corrected chi connectivity index (χ4v) is 3.31. The van der Waals surface area contributed by atoms with E-state index in [1.165, 1.54) is 19.1 Å². The summed E-state index contributed by atoms with van der Waals surface area (Å²) in [5, 5.41) is 2.76. The molecule has 0 bridgehead atoms. The molecule has 122 valence electrons. The van der Waals surface area contributed by atoms with E-state index in [1.54, 1.807) is 24.3 Å². The molecular weight excluding hydrogens is 312 g/mol. The van der Waals surface area contributed by atoms with Crippen LogP contribution in [0.3, 0.4) is 0 Å². The summed E-state index contributed by atoms with van der Waals surface area (Å²) in [4.78, 5) is 12.4. The summed E-state index contributed by atoms with van der Waals surface area (Å²) in [7, 11) is -3.73. The van der Waals surface area contributed by atoms with E-state index in [1.807, 2.05) is 26.0 Å². The number of sulfonamides is 1. The summed E-state index contributed by atoms with van der Waals surface area (Å²) in [5.74, 6) is -0.404. The number of benzene rings is 2. The first kappa shape index (κ1) is 17.2. The lowest BCUT2D eigenvalue weighted by atomic mass is 10.1. The number of rotatable bonds is 5. The normalized spacial score (nSPS) is 12.7. The minimum absolute atomic E-state index is 0.131. The van der Waals surface area contributed by atoms with E-state index in [9.17, 15) is 13.2 Å². The zero-order chi connectivity index (χ0) is 17.0. The number of amides is 1. The van der Waals surface area contributed by atoms with E-state index in [2.05, 4.69) is 10.0 Å². The summed E-state index contributed by atoms with van der Waals surface area (Å²) in [6.45, 7) is 5.37. The second-order valence-electron chi connectivity index (χ2n) is 5.39. The fraction of sp³-hybridized carbons (Fsp3) is 0.235. The van der Waals surface area contributed by atoms with Crippen LogP contribution in [-0.2, 0) is 14.8 Å². The maximum absolute atomic E-state index is 12.2. The van der Waals surface area contributed by atoms with Gasteiger partial charge in [-0.2, -0.15) is 4.72 Å². The minimum atomic E-state index is -3.73. The SMILES string of the molecule is Cc1cccc(NC(=O)C(C)NS(=O)(=O)c2ccccc2)c1C. The van der Waals surface area contributed by atoms with Crippen LogP contribution in [0.5, 0.6) is 0 Å². The maximum atomic E-state index is 12.2. The Morgan fingerprint density at radius 2 is 1.65 bits per heavy atom. The number of hydrogen-bond acceptors (Lipinski definition) is 3. The van der Waals surface area contributed by atoms with Crippen LogP contribution in [0.25, 0.3) is 0 Å². The smallest absolute Gasteiger partial charge is 0.242 e. The summed E-state index contributed by atoms with van der Waals surface area (Å²) in [5.41, 5.74) is 2.69. The number of carbonyl (C=O) groups is 1. The molecule has 0 saturated carbocycles. The van der Waals surface area contributed by atoms with Gasteiger partial charge in [-0.25, -0.2) is 8.42 Å². The Morgan fingerprint density at radius 1 is 1.00 bits per heavy atom. The molecule has 0 aliphatic heterocycles. The molecule has 0 aliphatic rings. The summed E-state index contributed by atoms with van der Waals surface area (Å²) < 4.78 is 26.8. The van der Waals surface area contributed by atoms with Crippen LogP contribution >= 0.6 is 0 Å². The lowest BCUT2D eigenvalue weighted by Gasteiger charge is -2.16. The zero-order valence-electron chi connectivity index (χ0n) is 13.3. The molecule has 0 spiro atoms. The average Bonchev–Trinajstić information content (AvgIpc) is 2.52. The second kappa shape index (κ2) is 6.93. The van der Waals surface area contributed by atoms with E-state index < -0.39 is 22.0 Å². The van der Waals surface area contributed by atoms with Gasteiger partial charge in [-0.15, -0.1) is 0 Å². The first-order valence-electron chi connectivity index (χ1n) is 7.26. The van der Waals surface area contributed by atoms with Crippen molar-refractivity contribution in [3.8, 4) is 0 Å². The minimum Gasteiger partial charge on any atom is -0.324 e. The molecule has 1 amide bonds. The molecule has 2 aromatic carbocycles. The highest BCUT2D eigenvalue weighted by Gasteiger charge is 2.22. The standard InChI is InChI=1S/C17H20N2O3S/c1-12-8-7-11-16(13(12)2)18-17(20)14(3)19-23(21,22)15-9-5-4-6-10-15/h4-11,14,19H,1-3H3,(H,18,20). The molecule has 0 heterocycles. The Balaban J connectivity index is 2.10. The third-order valence-corrected chi connectivity index (χ3v) is 5.20. The van der Waals surface area contributed by atoms with Crippen molar-refractivity contribution in [2.24, 2.45) is 0 Å². The van der Waals surface area contributed by atoms with Gasteiger partial charge in [0.2, 0.25) is 15.9 Å². The molecule has 5 nitrogen and oxygen atoms in total. The van der Waals surface area contributed by atoms with Gasteiger partial charge in [0.1, 0.15) is 0 Å². The highest BCUT2D eigenvalue weighted by Crippen LogP contribution is 2.18. The molecular formula is C17H20N2O3S. The summed E-state index contributed by atoms with van der Waals surface area (Å²) in [6.07, 6.45) is 0. The van der Waals surface area contributed by atoms with Gasteiger partial charge in [0.05, 0.1) is 10.9 Å². The topological polar surface area (TPSA) is 75.3 Å². The summed E-state index contributed by atoms with van der Waals surface area (Å²) in [6, 6.07) is 12.7. The molecule has 23 heavy (non-hydrogen) atoms. The first-order valence-corrected chi connectivity index (χ1v) is 8.74. The van der Waals surface area contributed by atoms with Crippen molar-refractivity contribution in [3.05, 3.63) is 59.7 Å². The van der Waals surface area contributed by atoms with Crippen LogP contribution in [0, 0.1) is 13.8 Å². The lowest BCUT2D eigenvalue weighted by molar-refractivity contribution is -0.117. The number of carbonyl (C=O) groups excluding carboxylic acids is 1. The van der Waals surface area contributed by atoms with Gasteiger partial charge in [0.25, 0.3) is 0 Å². The molecule has 0 fully saturated rings. The van der Waals surface area contributed by atoms with Crippen molar-refractivity contribution >= 4 is 21.6 Å². The van der Waals surface area contributed by atoms with Crippen LogP contribution in [-0.4, -0.2) is 20.4 Å².